The molecule has 0 aliphatic carbocycles. The second kappa shape index (κ2) is 10.6. The Morgan fingerprint density at radius 2 is 0.800 bits per heavy atom. The second-order valence-electron chi connectivity index (χ2n) is 4.56. The Hall–Kier alpha value is 0.327. The van der Waals surface area contributed by atoms with Gasteiger partial charge in [0.25, 0.3) is 0 Å². The van der Waals surface area contributed by atoms with Crippen molar-refractivity contribution in [3.8, 4) is 23.0 Å². The molecule has 0 N–H and O–H groups in total. The Bertz CT molecular complexity index is 627. The van der Waals surface area contributed by atoms with Crippen LogP contribution >= 0.6 is 26.6 Å². The van der Waals surface area contributed by atoms with Crippen LogP contribution in [0.2, 0.25) is 0 Å². The van der Waals surface area contributed by atoms with E-state index in [1.807, 2.05) is 0 Å². The normalized spacial score (nSPS) is 11.6. The standard InChI is InChI=1S/C16H16O4Se2.2BrH.Pt/c1-17-9-5-13-14(6-10(9)18-2)22-16-8-12(20-4)11(19-3)7-15(16)21-13;;;/h5-8H,1-4H3;2*1H;/q;;;+2/p-2. The first-order chi connectivity index (χ1) is 12.1. The van der Waals surface area contributed by atoms with Crippen molar-refractivity contribution < 1.29 is 33.4 Å². The molecule has 9 heteroatoms. The van der Waals surface area contributed by atoms with Crippen LogP contribution in [0.1, 0.15) is 0 Å². The van der Waals surface area contributed by atoms with Crippen LogP contribution in [0.5, 0.6) is 23.0 Å². The first-order valence-electron chi connectivity index (χ1n) is 6.81. The summed E-state index contributed by atoms with van der Waals surface area (Å²) in [6, 6.07) is 8.43. The summed E-state index contributed by atoms with van der Waals surface area (Å²) in [5.74, 6) is 3.18. The van der Waals surface area contributed by atoms with E-state index in [1.54, 1.807) is 28.4 Å². The van der Waals surface area contributed by atoms with Crippen LogP contribution in [-0.2, 0) is 14.5 Å². The van der Waals surface area contributed by atoms with Gasteiger partial charge in [-0.25, -0.2) is 0 Å². The molecule has 3 rings (SSSR count). The summed E-state index contributed by atoms with van der Waals surface area (Å²) in [6.07, 6.45) is 0. The number of halogens is 2. The van der Waals surface area contributed by atoms with Crippen LogP contribution in [0.3, 0.4) is 0 Å². The van der Waals surface area contributed by atoms with Gasteiger partial charge in [-0.05, 0) is 0 Å². The van der Waals surface area contributed by atoms with E-state index in [0.29, 0.717) is 0 Å². The number of hydrogen-bond donors (Lipinski definition) is 0. The monoisotopic (exact) mass is 785 g/mol. The van der Waals surface area contributed by atoms with Crippen molar-refractivity contribution >= 4 is 74.4 Å². The molecule has 25 heavy (non-hydrogen) atoms. The van der Waals surface area contributed by atoms with Gasteiger partial charge in [-0.3, -0.25) is 0 Å². The van der Waals surface area contributed by atoms with Gasteiger partial charge in [0, 0.05) is 0 Å². The molecular weight excluding hydrogens is 769 g/mol. The van der Waals surface area contributed by atoms with E-state index in [0.717, 1.165) is 23.0 Å². The van der Waals surface area contributed by atoms with Crippen molar-refractivity contribution in [2.24, 2.45) is 0 Å². The van der Waals surface area contributed by atoms with E-state index < -0.39 is 0 Å². The zero-order valence-electron chi connectivity index (χ0n) is 13.8. The zero-order chi connectivity index (χ0) is 18.4. The van der Waals surface area contributed by atoms with Gasteiger partial charge in [0.1, 0.15) is 0 Å². The van der Waals surface area contributed by atoms with Crippen LogP contribution < -0.4 is 36.8 Å². The average Bonchev–Trinajstić information content (AvgIpc) is 2.64. The van der Waals surface area contributed by atoms with E-state index in [4.69, 9.17) is 18.9 Å². The fraction of sp³-hybridized carbons (Fsp3) is 0.250. The molecule has 0 saturated heterocycles. The molecule has 2 aromatic carbocycles. The fourth-order valence-corrected chi connectivity index (χ4v) is 7.78. The van der Waals surface area contributed by atoms with Crippen molar-refractivity contribution in [2.75, 3.05) is 28.4 Å². The van der Waals surface area contributed by atoms with Gasteiger partial charge < -0.3 is 0 Å². The molecule has 0 unspecified atom stereocenters. The summed E-state index contributed by atoms with van der Waals surface area (Å²) < 4.78 is 27.1. The molecule has 140 valence electrons. The molecule has 0 fully saturated rings. The Morgan fingerprint density at radius 3 is 0.960 bits per heavy atom. The van der Waals surface area contributed by atoms with E-state index in [1.165, 1.54) is 17.8 Å². The van der Waals surface area contributed by atoms with Crippen molar-refractivity contribution in [1.82, 2.24) is 0 Å². The Kier molecular flexibility index (Phi) is 9.18. The molecule has 0 atom stereocenters. The number of benzene rings is 2. The third-order valence-electron chi connectivity index (χ3n) is 3.34. The molecule has 2 aromatic rings. The molecule has 0 radical (unpaired) electrons. The zero-order valence-corrected chi connectivity index (χ0v) is 22.7. The summed E-state index contributed by atoms with van der Waals surface area (Å²) in [4.78, 5) is 0. The summed E-state index contributed by atoms with van der Waals surface area (Å²) >= 11 is 7.01. The minimum absolute atomic E-state index is 0.208. The molecule has 1 heterocycles. The summed E-state index contributed by atoms with van der Waals surface area (Å²) in [5.41, 5.74) is 0. The Morgan fingerprint density at radius 1 is 0.600 bits per heavy atom. The molecule has 0 amide bonds. The maximum absolute atomic E-state index is 5.42. The predicted molar refractivity (Wildman–Crippen MR) is 107 cm³/mol. The van der Waals surface area contributed by atoms with Gasteiger partial charge in [-0.15, -0.1) is 0 Å². The minimum atomic E-state index is 0.208. The third-order valence-corrected chi connectivity index (χ3v) is 9.33. The Labute approximate surface area is 181 Å². The first-order valence-corrected chi connectivity index (χ1v) is 20.2. The molecule has 1 aliphatic rings. The van der Waals surface area contributed by atoms with E-state index in [2.05, 4.69) is 50.9 Å². The SMILES string of the molecule is COc1cc2c(cc1OC)[Se]c1cc(OC)c(OC)cc1[Se]2.[Br][Pt][Br]. The van der Waals surface area contributed by atoms with E-state index in [-0.39, 0.29) is 44.4 Å². The predicted octanol–water partition coefficient (Wildman–Crippen LogP) is 1.03. The number of fused-ring (bicyclic) bond motifs is 2. The van der Waals surface area contributed by atoms with Crippen LogP contribution in [-0.4, -0.2) is 58.4 Å². The topological polar surface area (TPSA) is 36.9 Å². The quantitative estimate of drug-likeness (QED) is 0.371. The maximum atomic E-state index is 5.42. The van der Waals surface area contributed by atoms with Crippen molar-refractivity contribution in [3.63, 3.8) is 0 Å². The number of hydrogen-bond acceptors (Lipinski definition) is 4. The molecule has 0 saturated carbocycles. The fourth-order valence-electron chi connectivity index (χ4n) is 2.24. The number of rotatable bonds is 4. The number of ether oxygens (including phenoxy) is 4. The van der Waals surface area contributed by atoms with Gasteiger partial charge in [0.05, 0.1) is 0 Å². The van der Waals surface area contributed by atoms with E-state index >= 15 is 0 Å². The van der Waals surface area contributed by atoms with Crippen LogP contribution in [0.4, 0.5) is 0 Å². The third kappa shape index (κ3) is 5.19. The first kappa shape index (κ1) is 21.6. The number of methoxy groups -OCH3 is 4. The summed E-state index contributed by atoms with van der Waals surface area (Å²) in [5, 5.41) is 0. The molecule has 0 bridgehead atoms. The van der Waals surface area contributed by atoms with Crippen LogP contribution in [0.15, 0.2) is 24.3 Å². The van der Waals surface area contributed by atoms with Crippen molar-refractivity contribution in [3.05, 3.63) is 24.3 Å². The second-order valence-corrected chi connectivity index (χ2v) is 19.0. The average molecular weight is 785 g/mol. The van der Waals surface area contributed by atoms with Gasteiger partial charge in [-0.2, -0.15) is 0 Å². The van der Waals surface area contributed by atoms with Gasteiger partial charge in [0.2, 0.25) is 0 Å². The Balaban J connectivity index is 0.000000701. The molecule has 1 aliphatic heterocycles. The molecule has 0 spiro atoms. The van der Waals surface area contributed by atoms with Gasteiger partial charge in [-0.1, -0.05) is 0 Å². The van der Waals surface area contributed by atoms with Crippen molar-refractivity contribution in [1.29, 1.82) is 0 Å². The molecular formula is C16H16Br2O4PtSe2. The van der Waals surface area contributed by atoms with Gasteiger partial charge in [0.15, 0.2) is 0 Å². The van der Waals surface area contributed by atoms with E-state index in [9.17, 15) is 0 Å². The van der Waals surface area contributed by atoms with Crippen molar-refractivity contribution in [2.45, 2.75) is 0 Å². The molecule has 0 aromatic heterocycles. The van der Waals surface area contributed by atoms with Gasteiger partial charge >= 0.3 is 183 Å². The summed E-state index contributed by atoms with van der Waals surface area (Å²) in [6.45, 7) is 0. The summed E-state index contributed by atoms with van der Waals surface area (Å²) in [7, 11) is 6.69. The van der Waals surface area contributed by atoms with Crippen LogP contribution in [0, 0.1) is 0 Å². The molecule has 4 nitrogen and oxygen atoms in total. The van der Waals surface area contributed by atoms with Crippen LogP contribution in [0.25, 0.3) is 0 Å².